The number of rotatable bonds is 4. The van der Waals surface area contributed by atoms with E-state index in [2.05, 4.69) is 91.0 Å². The van der Waals surface area contributed by atoms with E-state index < -0.39 is 0 Å². The molecule has 56 heavy (non-hydrogen) atoms. The molecule has 5 nitrogen and oxygen atoms in total. The smallest absolute Gasteiger partial charge is 0.164 e. The molecule has 1 spiro atoms. The second-order valence-electron chi connectivity index (χ2n) is 15.4. The number of benzene rings is 7. The third-order valence-corrected chi connectivity index (χ3v) is 12.4. The zero-order valence-electron chi connectivity index (χ0n) is 30.6. The van der Waals surface area contributed by atoms with E-state index in [0.717, 1.165) is 60.6 Å². The normalized spacial score (nSPS) is 14.6. The second-order valence-corrected chi connectivity index (χ2v) is 15.4. The van der Waals surface area contributed by atoms with Crippen LogP contribution in [0.3, 0.4) is 0 Å². The van der Waals surface area contributed by atoms with Crippen molar-refractivity contribution in [3.05, 3.63) is 163 Å². The molecule has 0 bridgehead atoms. The summed E-state index contributed by atoms with van der Waals surface area (Å²) in [6, 6.07) is 53.3. The maximum Gasteiger partial charge on any atom is 0.164 e. The Balaban J connectivity index is 1.05. The largest absolute Gasteiger partial charge is 0.456 e. The molecular formula is C51H35N3O2. The maximum atomic E-state index is 6.31. The summed E-state index contributed by atoms with van der Waals surface area (Å²) >= 11 is 0. The van der Waals surface area contributed by atoms with Crippen LogP contribution in [0.1, 0.15) is 43.2 Å². The number of fused-ring (bicyclic) bond motifs is 11. The topological polar surface area (TPSA) is 65.0 Å². The number of furan rings is 2. The molecule has 266 valence electrons. The van der Waals surface area contributed by atoms with Crippen molar-refractivity contribution in [1.82, 2.24) is 15.0 Å². The van der Waals surface area contributed by atoms with Crippen molar-refractivity contribution in [2.24, 2.45) is 0 Å². The minimum absolute atomic E-state index is 0.0635. The molecule has 0 atom stereocenters. The molecule has 2 aliphatic rings. The summed E-state index contributed by atoms with van der Waals surface area (Å²) in [4.78, 5) is 15.7. The number of hydrogen-bond acceptors (Lipinski definition) is 5. The first-order valence-corrected chi connectivity index (χ1v) is 19.7. The Morgan fingerprint density at radius 1 is 0.375 bits per heavy atom. The minimum Gasteiger partial charge on any atom is -0.456 e. The van der Waals surface area contributed by atoms with Gasteiger partial charge in [0, 0.05) is 43.7 Å². The third-order valence-electron chi connectivity index (χ3n) is 12.4. The summed E-state index contributed by atoms with van der Waals surface area (Å²) in [6.07, 6.45) is 6.22. The Morgan fingerprint density at radius 3 is 1.52 bits per heavy atom. The van der Waals surface area contributed by atoms with Gasteiger partial charge >= 0.3 is 0 Å². The van der Waals surface area contributed by atoms with Crippen molar-refractivity contribution >= 4 is 43.9 Å². The number of para-hydroxylation sites is 2. The van der Waals surface area contributed by atoms with Crippen LogP contribution >= 0.6 is 0 Å². The maximum absolute atomic E-state index is 6.31. The van der Waals surface area contributed by atoms with Crippen molar-refractivity contribution in [3.8, 4) is 56.4 Å². The molecule has 2 aliphatic carbocycles. The highest BCUT2D eigenvalue weighted by Gasteiger charge is 2.45. The average Bonchev–Trinajstić information content (AvgIpc) is 3.92. The highest BCUT2D eigenvalue weighted by Crippen LogP contribution is 2.58. The van der Waals surface area contributed by atoms with Gasteiger partial charge in [0.05, 0.1) is 0 Å². The molecule has 0 saturated heterocycles. The molecule has 0 amide bonds. The summed E-state index contributed by atoms with van der Waals surface area (Å²) in [5.74, 6) is 1.79. The molecule has 10 aromatic rings. The van der Waals surface area contributed by atoms with Gasteiger partial charge in [-0.2, -0.15) is 0 Å². The first-order chi connectivity index (χ1) is 27.7. The molecule has 7 aromatic carbocycles. The van der Waals surface area contributed by atoms with Crippen LogP contribution in [0.15, 0.2) is 160 Å². The zero-order valence-corrected chi connectivity index (χ0v) is 30.6. The fourth-order valence-electron chi connectivity index (χ4n) is 9.94. The summed E-state index contributed by atoms with van der Waals surface area (Å²) in [6.45, 7) is 0. The molecule has 1 fully saturated rings. The third kappa shape index (κ3) is 4.58. The van der Waals surface area contributed by atoms with Gasteiger partial charge in [0.25, 0.3) is 0 Å². The lowest BCUT2D eigenvalue weighted by Gasteiger charge is -2.37. The van der Waals surface area contributed by atoms with Crippen LogP contribution in [0.2, 0.25) is 0 Å². The standard InChI is InChI=1S/C51H35N3O2/c1-8-29-51(30-9-1)40-20-5-2-13-34(40)35-17-10-16-33(47(35)51)31-25-27-32(28-26-31)48-52-49(38-18-11-23-43-45(38)36-14-3-6-21-41(36)55-43)54-50(53-48)39-19-12-24-44-46(39)37-15-4-7-22-42(37)56-44/h2-7,10-28H,1,8-9,29-30H2. The Labute approximate surface area is 323 Å². The van der Waals surface area contributed by atoms with Gasteiger partial charge in [-0.1, -0.05) is 147 Å². The average molecular weight is 722 g/mol. The SMILES string of the molecule is c1ccc2c(c1)-c1cccc(-c3ccc(-c4nc(-c5cccc6oc7ccccc7c56)nc(-c5cccc6oc7ccccc7c56)n4)cc3)c1C21CCCCC1. The molecule has 0 N–H and O–H groups in total. The van der Waals surface area contributed by atoms with Gasteiger partial charge in [0.15, 0.2) is 17.5 Å². The lowest BCUT2D eigenvalue weighted by Crippen LogP contribution is -2.28. The van der Waals surface area contributed by atoms with Crippen molar-refractivity contribution in [3.63, 3.8) is 0 Å². The molecule has 1 saturated carbocycles. The van der Waals surface area contributed by atoms with Crippen molar-refractivity contribution in [1.29, 1.82) is 0 Å². The van der Waals surface area contributed by atoms with Gasteiger partial charge in [0.1, 0.15) is 22.3 Å². The summed E-state index contributed by atoms with van der Waals surface area (Å²) in [5.41, 5.74) is 14.4. The van der Waals surface area contributed by atoms with E-state index in [4.69, 9.17) is 23.8 Å². The van der Waals surface area contributed by atoms with E-state index in [1.165, 1.54) is 65.5 Å². The van der Waals surface area contributed by atoms with Crippen LogP contribution in [0.25, 0.3) is 100 Å². The van der Waals surface area contributed by atoms with E-state index in [-0.39, 0.29) is 5.41 Å². The molecule has 3 heterocycles. The number of hydrogen-bond donors (Lipinski definition) is 0. The fourth-order valence-corrected chi connectivity index (χ4v) is 9.94. The van der Waals surface area contributed by atoms with Crippen LogP contribution in [-0.2, 0) is 5.41 Å². The Bertz CT molecular complexity index is 3050. The number of aromatic nitrogens is 3. The van der Waals surface area contributed by atoms with Crippen LogP contribution in [0.4, 0.5) is 0 Å². The molecule has 0 aliphatic heterocycles. The van der Waals surface area contributed by atoms with Crippen molar-refractivity contribution < 1.29 is 8.83 Å². The van der Waals surface area contributed by atoms with E-state index >= 15 is 0 Å². The van der Waals surface area contributed by atoms with Crippen LogP contribution in [0.5, 0.6) is 0 Å². The predicted octanol–water partition coefficient (Wildman–Crippen LogP) is 13.6. The lowest BCUT2D eigenvalue weighted by atomic mass is 9.66. The van der Waals surface area contributed by atoms with Crippen LogP contribution < -0.4 is 0 Å². The molecule has 12 rings (SSSR count). The van der Waals surface area contributed by atoms with E-state index in [1.54, 1.807) is 0 Å². The Kier molecular flexibility index (Phi) is 6.79. The van der Waals surface area contributed by atoms with Gasteiger partial charge in [-0.15, -0.1) is 0 Å². The Morgan fingerprint density at radius 2 is 0.857 bits per heavy atom. The molecular weight excluding hydrogens is 687 g/mol. The van der Waals surface area contributed by atoms with Crippen LogP contribution in [0, 0.1) is 0 Å². The Hall–Kier alpha value is -6.85. The second kappa shape index (κ2) is 12.1. The van der Waals surface area contributed by atoms with E-state index in [1.807, 2.05) is 60.7 Å². The monoisotopic (exact) mass is 721 g/mol. The summed E-state index contributed by atoms with van der Waals surface area (Å²) < 4.78 is 12.6. The first kappa shape index (κ1) is 31.5. The zero-order chi connectivity index (χ0) is 36.8. The summed E-state index contributed by atoms with van der Waals surface area (Å²) in [7, 11) is 0. The lowest BCUT2D eigenvalue weighted by molar-refractivity contribution is 0.353. The molecule has 3 aromatic heterocycles. The molecule has 0 radical (unpaired) electrons. The van der Waals surface area contributed by atoms with Gasteiger partial charge in [-0.25, -0.2) is 15.0 Å². The molecule has 0 unspecified atom stereocenters. The molecule has 5 heteroatoms. The quantitative estimate of drug-likeness (QED) is 0.181. The first-order valence-electron chi connectivity index (χ1n) is 19.7. The summed E-state index contributed by atoms with van der Waals surface area (Å²) in [5, 5.41) is 4.04. The number of nitrogens with zero attached hydrogens (tertiary/aromatic N) is 3. The van der Waals surface area contributed by atoms with Gasteiger partial charge < -0.3 is 8.83 Å². The van der Waals surface area contributed by atoms with Gasteiger partial charge in [-0.05, 0) is 70.5 Å². The van der Waals surface area contributed by atoms with Crippen molar-refractivity contribution in [2.45, 2.75) is 37.5 Å². The minimum atomic E-state index is 0.0635. The highest BCUT2D eigenvalue weighted by atomic mass is 16.3. The van der Waals surface area contributed by atoms with Crippen LogP contribution in [-0.4, -0.2) is 15.0 Å². The van der Waals surface area contributed by atoms with Gasteiger partial charge in [0.2, 0.25) is 0 Å². The fraction of sp³-hybridized carbons (Fsp3) is 0.118. The van der Waals surface area contributed by atoms with E-state index in [9.17, 15) is 0 Å². The van der Waals surface area contributed by atoms with E-state index in [0.29, 0.717) is 17.5 Å². The van der Waals surface area contributed by atoms with Crippen molar-refractivity contribution in [2.75, 3.05) is 0 Å². The highest BCUT2D eigenvalue weighted by molar-refractivity contribution is 6.13. The predicted molar refractivity (Wildman–Crippen MR) is 225 cm³/mol. The van der Waals surface area contributed by atoms with Gasteiger partial charge in [-0.3, -0.25) is 0 Å².